The van der Waals surface area contributed by atoms with Gasteiger partial charge in [0.25, 0.3) is 5.91 Å². The molecule has 1 saturated carbocycles. The van der Waals surface area contributed by atoms with E-state index in [0.29, 0.717) is 24.3 Å². The van der Waals surface area contributed by atoms with Crippen molar-refractivity contribution >= 4 is 22.8 Å². The van der Waals surface area contributed by atoms with E-state index in [1.54, 1.807) is 0 Å². The largest absolute Gasteiger partial charge is 1.00 e. The first kappa shape index (κ1) is 29.5. The molecule has 40 heavy (non-hydrogen) atoms. The Morgan fingerprint density at radius 2 is 1.93 bits per heavy atom. The molecule has 1 amide bonds. The Bertz CT molecular complexity index is 1490. The van der Waals surface area contributed by atoms with Gasteiger partial charge in [-0.05, 0) is 68.5 Å². The number of aromatic nitrogens is 1. The summed E-state index contributed by atoms with van der Waals surface area (Å²) in [7, 11) is 2.03. The van der Waals surface area contributed by atoms with Crippen LogP contribution in [0.2, 0.25) is 0 Å². The van der Waals surface area contributed by atoms with Gasteiger partial charge in [-0.2, -0.15) is 30.3 Å². The first-order valence-corrected chi connectivity index (χ1v) is 13.6. The van der Waals surface area contributed by atoms with E-state index < -0.39 is 6.10 Å². The summed E-state index contributed by atoms with van der Waals surface area (Å²) in [6.45, 7) is 6.24. The average molecular weight is 531 g/mol. The van der Waals surface area contributed by atoms with Crippen LogP contribution in [0.15, 0.2) is 66.7 Å². The topological polar surface area (TPSA) is 69.6 Å². The molecule has 7 heteroatoms. The molecule has 1 N–H and O–H groups in total. The maximum Gasteiger partial charge on any atom is 1.00 e. The summed E-state index contributed by atoms with van der Waals surface area (Å²) in [5.74, 6) is 0.518. The molecule has 1 heterocycles. The van der Waals surface area contributed by atoms with E-state index in [1.807, 2.05) is 81.6 Å². The van der Waals surface area contributed by atoms with Gasteiger partial charge in [0.2, 0.25) is 0 Å². The number of carbonyl (C=O) groups is 2. The zero-order valence-corrected chi connectivity index (χ0v) is 24.0. The van der Waals surface area contributed by atoms with Crippen molar-refractivity contribution < 1.29 is 37.9 Å². The number of esters is 1. The summed E-state index contributed by atoms with van der Waals surface area (Å²) in [5, 5.41) is 4.21. The van der Waals surface area contributed by atoms with Gasteiger partial charge >= 0.3 is 24.8 Å². The fourth-order valence-corrected chi connectivity index (χ4v) is 5.09. The van der Waals surface area contributed by atoms with Crippen LogP contribution in [0.25, 0.3) is 10.9 Å². The predicted molar refractivity (Wildman–Crippen MR) is 152 cm³/mol. The van der Waals surface area contributed by atoms with Crippen molar-refractivity contribution in [3.63, 3.8) is 0 Å². The molecule has 5 rings (SSSR count). The smallest absolute Gasteiger partial charge is 0.478 e. The quantitative estimate of drug-likeness (QED) is 0.194. The maximum absolute atomic E-state index is 13.1. The maximum atomic E-state index is 13.1. The van der Waals surface area contributed by atoms with Gasteiger partial charge in [0.15, 0.2) is 6.10 Å². The Morgan fingerprint density at radius 3 is 2.62 bits per heavy atom. The molecule has 0 aliphatic heterocycles. The molecule has 0 saturated heterocycles. The van der Waals surface area contributed by atoms with E-state index in [0.717, 1.165) is 40.6 Å². The molecule has 2 atom stereocenters. The number of rotatable bonds is 10. The van der Waals surface area contributed by atoms with Crippen LogP contribution in [0, 0.1) is 18.9 Å². The Labute approximate surface area is 248 Å². The predicted octanol–water partition coefficient (Wildman–Crippen LogP) is 3.09. The Balaban J connectivity index is 0.00000370. The third-order valence-corrected chi connectivity index (χ3v) is 7.58. The Kier molecular flexibility index (Phi) is 9.45. The number of hydrogen-bond acceptors (Lipinski definition) is 4. The summed E-state index contributed by atoms with van der Waals surface area (Å²) >= 11 is 0. The van der Waals surface area contributed by atoms with Crippen LogP contribution in [-0.4, -0.2) is 29.2 Å². The fraction of sp³-hybridized carbons (Fsp3) is 0.333. The number of nitrogens with one attached hydrogen (secondary N) is 1. The standard InChI is InChI=1S/C33H35N2O4.Li/c1-5-38-33(37)31(25-14-15-25)39-27-13-9-10-23(18-27)19-29-22(3)35(4)30-20-26(16-17-28(29)30)32(36)34-21(2)24-11-7-6-8-12-24;/h6-7,9-13,16-18,20-21,25,31H,5,14-15,19H2,1-4H3,(H,34,36);/q-1;+1/t21-,31?;/m0./s1. The molecule has 0 radical (unpaired) electrons. The summed E-state index contributed by atoms with van der Waals surface area (Å²) in [6, 6.07) is 24.4. The molecule has 6 nitrogen and oxygen atoms in total. The molecular formula is C33H35LiN2O4. The number of hydrogen-bond donors (Lipinski definition) is 1. The van der Waals surface area contributed by atoms with Gasteiger partial charge in [0.1, 0.15) is 5.75 Å². The molecular weight excluding hydrogens is 495 g/mol. The SMILES string of the molecule is CCOC(=O)C(Oc1cccc(Cc2c(C)n(C)c3cc(C(=O)N[C@@H](C)c4c[c-]ccc4)ccc23)c1)C1CC1.[Li+]. The van der Waals surface area contributed by atoms with Gasteiger partial charge in [-0.3, -0.25) is 4.79 Å². The van der Waals surface area contributed by atoms with Gasteiger partial charge < -0.3 is 19.4 Å². The number of ether oxygens (including phenoxy) is 2. The minimum Gasteiger partial charge on any atom is -0.478 e. The van der Waals surface area contributed by atoms with E-state index in [2.05, 4.69) is 28.9 Å². The van der Waals surface area contributed by atoms with Gasteiger partial charge in [-0.1, -0.05) is 25.1 Å². The summed E-state index contributed by atoms with van der Waals surface area (Å²) in [5.41, 5.74) is 6.09. The van der Waals surface area contributed by atoms with Gasteiger partial charge in [-0.15, -0.1) is 5.56 Å². The van der Waals surface area contributed by atoms with Crippen LogP contribution in [0.1, 0.15) is 65.5 Å². The summed E-state index contributed by atoms with van der Waals surface area (Å²) < 4.78 is 13.5. The first-order valence-electron chi connectivity index (χ1n) is 13.6. The van der Waals surface area contributed by atoms with Gasteiger partial charge in [0.05, 0.1) is 6.61 Å². The minimum atomic E-state index is -0.549. The molecule has 1 aliphatic carbocycles. The minimum absolute atomic E-state index is 0. The van der Waals surface area contributed by atoms with Crippen LogP contribution in [-0.2, 0) is 23.0 Å². The molecule has 0 bridgehead atoms. The monoisotopic (exact) mass is 530 g/mol. The first-order chi connectivity index (χ1) is 18.9. The van der Waals surface area contributed by atoms with Crippen LogP contribution in [0.5, 0.6) is 5.75 Å². The van der Waals surface area contributed by atoms with Crippen molar-refractivity contribution in [3.05, 3.63) is 101 Å². The van der Waals surface area contributed by atoms with Crippen molar-refractivity contribution in [3.8, 4) is 5.75 Å². The van der Waals surface area contributed by atoms with E-state index in [1.165, 1.54) is 5.56 Å². The number of nitrogens with zero attached hydrogens (tertiary/aromatic N) is 1. The van der Waals surface area contributed by atoms with Crippen LogP contribution in [0.3, 0.4) is 0 Å². The molecule has 1 aromatic heterocycles. The molecule has 1 fully saturated rings. The fourth-order valence-electron chi connectivity index (χ4n) is 5.09. The normalized spacial score (nSPS) is 14.2. The zero-order chi connectivity index (χ0) is 27.5. The second kappa shape index (κ2) is 12.8. The molecule has 202 valence electrons. The van der Waals surface area contributed by atoms with Crippen molar-refractivity contribution in [2.75, 3.05) is 6.61 Å². The van der Waals surface area contributed by atoms with Crippen molar-refractivity contribution in [1.82, 2.24) is 9.88 Å². The zero-order valence-electron chi connectivity index (χ0n) is 24.0. The second-order valence-corrected chi connectivity index (χ2v) is 10.3. The number of aryl methyl sites for hydroxylation is 1. The Hall–Kier alpha value is -3.46. The van der Waals surface area contributed by atoms with E-state index in [4.69, 9.17) is 9.47 Å². The van der Waals surface area contributed by atoms with Crippen molar-refractivity contribution in [1.29, 1.82) is 0 Å². The molecule has 1 unspecified atom stereocenters. The van der Waals surface area contributed by atoms with Crippen molar-refractivity contribution in [2.45, 2.75) is 52.2 Å². The molecule has 0 spiro atoms. The van der Waals surface area contributed by atoms with Crippen LogP contribution >= 0.6 is 0 Å². The van der Waals surface area contributed by atoms with E-state index in [9.17, 15) is 9.59 Å². The number of fused-ring (bicyclic) bond motifs is 1. The van der Waals surface area contributed by atoms with Crippen molar-refractivity contribution in [2.24, 2.45) is 13.0 Å². The van der Waals surface area contributed by atoms with Crippen LogP contribution < -0.4 is 28.9 Å². The Morgan fingerprint density at radius 1 is 1.12 bits per heavy atom. The second-order valence-electron chi connectivity index (χ2n) is 10.3. The van der Waals surface area contributed by atoms with E-state index in [-0.39, 0.29) is 42.7 Å². The summed E-state index contributed by atoms with van der Waals surface area (Å²) in [4.78, 5) is 25.5. The van der Waals surface area contributed by atoms with Gasteiger partial charge in [-0.25, -0.2) is 4.79 Å². The molecule has 1 aliphatic rings. The van der Waals surface area contributed by atoms with E-state index >= 15 is 0 Å². The third-order valence-electron chi connectivity index (χ3n) is 7.58. The number of benzene rings is 3. The molecule has 4 aromatic rings. The number of amides is 1. The molecule has 3 aromatic carbocycles. The summed E-state index contributed by atoms with van der Waals surface area (Å²) in [6.07, 6.45) is 2.14. The van der Waals surface area contributed by atoms with Gasteiger partial charge in [0, 0.05) is 41.2 Å². The third kappa shape index (κ3) is 6.46. The average Bonchev–Trinajstić information content (AvgIpc) is 3.76. The number of carbonyl (C=O) groups excluding carboxylic acids is 2. The van der Waals surface area contributed by atoms with Crippen LogP contribution in [0.4, 0.5) is 0 Å².